The van der Waals surface area contributed by atoms with Crippen LogP contribution in [0.15, 0.2) is 48.5 Å². The number of ether oxygens (including phenoxy) is 1. The second-order valence-corrected chi connectivity index (χ2v) is 6.65. The lowest BCUT2D eigenvalue weighted by Gasteiger charge is -2.16. The number of amides is 1. The second kappa shape index (κ2) is 10.9. The predicted molar refractivity (Wildman–Crippen MR) is 115 cm³/mol. The lowest BCUT2D eigenvalue weighted by atomic mass is 10.1. The lowest BCUT2D eigenvalue weighted by molar-refractivity contribution is -0.384. The Kier molecular flexibility index (Phi) is 8.31. The molecule has 2 rings (SSSR count). The number of rotatable bonds is 8. The first kappa shape index (κ1) is 22.1. The van der Waals surface area contributed by atoms with Gasteiger partial charge in [-0.3, -0.25) is 25.8 Å². The molecule has 0 heterocycles. The highest BCUT2D eigenvalue weighted by molar-refractivity contribution is 7.80. The van der Waals surface area contributed by atoms with Crippen molar-refractivity contribution in [3.05, 3.63) is 69.8 Å². The van der Waals surface area contributed by atoms with E-state index in [-0.39, 0.29) is 22.4 Å². The molecule has 154 valence electrons. The number of thiocarbonyl (C=S) groups is 1. The van der Waals surface area contributed by atoms with Crippen molar-refractivity contribution in [3.8, 4) is 0 Å². The van der Waals surface area contributed by atoms with Gasteiger partial charge < -0.3 is 15.4 Å². The van der Waals surface area contributed by atoms with Crippen LogP contribution in [0.3, 0.4) is 0 Å². The predicted octanol–water partition coefficient (Wildman–Crippen LogP) is 2.35. The van der Waals surface area contributed by atoms with Crippen LogP contribution >= 0.6 is 12.2 Å². The minimum Gasteiger partial charge on any atom is -0.383 e. The molecule has 0 aromatic heterocycles. The Labute approximate surface area is 173 Å². The van der Waals surface area contributed by atoms with Crippen LogP contribution in [0.4, 0.5) is 11.4 Å². The van der Waals surface area contributed by atoms with Gasteiger partial charge in [0.15, 0.2) is 5.11 Å². The summed E-state index contributed by atoms with van der Waals surface area (Å²) in [7, 11) is 1.57. The van der Waals surface area contributed by atoms with Gasteiger partial charge in [-0.2, -0.15) is 0 Å². The number of nitro groups is 1. The van der Waals surface area contributed by atoms with Crippen LogP contribution in [0, 0.1) is 10.1 Å². The zero-order valence-corrected chi connectivity index (χ0v) is 16.9. The number of methoxy groups -OCH3 is 1. The van der Waals surface area contributed by atoms with Crippen molar-refractivity contribution < 1.29 is 14.5 Å². The molecule has 0 aliphatic heterocycles. The van der Waals surface area contributed by atoms with Crippen LogP contribution in [0.2, 0.25) is 0 Å². The van der Waals surface area contributed by atoms with Gasteiger partial charge in [0.1, 0.15) is 5.69 Å². The zero-order valence-electron chi connectivity index (χ0n) is 16.1. The molecule has 1 amide bonds. The van der Waals surface area contributed by atoms with Gasteiger partial charge in [-0.05, 0) is 36.8 Å². The largest absolute Gasteiger partial charge is 0.383 e. The van der Waals surface area contributed by atoms with E-state index < -0.39 is 10.8 Å². The van der Waals surface area contributed by atoms with Crippen LogP contribution in [0.5, 0.6) is 0 Å². The number of benzene rings is 2. The average Bonchev–Trinajstić information content (AvgIpc) is 2.71. The summed E-state index contributed by atoms with van der Waals surface area (Å²) in [4.78, 5) is 23.2. The molecule has 0 spiro atoms. The standard InChI is InChI=1S/C19H23N5O4S/c1-13(12-28-2)21-19(29)23-22-18(25)15-8-9-16(17(10-15)24(26)27)20-11-14-6-4-3-5-7-14/h3-10,13,20H,11-12H2,1-2H3,(H,22,25)(H2,21,23,29)/t13-/m1/s1. The lowest BCUT2D eigenvalue weighted by Crippen LogP contribution is -2.49. The quantitative estimate of drug-likeness (QED) is 0.294. The number of anilines is 1. The molecule has 0 radical (unpaired) electrons. The molecule has 2 aromatic rings. The van der Waals surface area contributed by atoms with Crippen molar-refractivity contribution in [2.24, 2.45) is 0 Å². The number of nitro benzene ring substituents is 1. The van der Waals surface area contributed by atoms with E-state index in [2.05, 4.69) is 21.5 Å². The maximum absolute atomic E-state index is 12.3. The minimum atomic E-state index is -0.550. The Morgan fingerprint density at radius 1 is 1.21 bits per heavy atom. The minimum absolute atomic E-state index is 0.0482. The molecule has 0 aliphatic rings. The highest BCUT2D eigenvalue weighted by atomic mass is 32.1. The van der Waals surface area contributed by atoms with Crippen LogP contribution in [-0.2, 0) is 11.3 Å². The molecule has 10 heteroatoms. The van der Waals surface area contributed by atoms with Gasteiger partial charge >= 0.3 is 0 Å². The Balaban J connectivity index is 2.00. The number of carbonyl (C=O) groups is 1. The van der Waals surface area contributed by atoms with E-state index in [0.717, 1.165) is 5.56 Å². The smallest absolute Gasteiger partial charge is 0.293 e. The fraction of sp³-hybridized carbons (Fsp3) is 0.263. The Morgan fingerprint density at radius 2 is 1.93 bits per heavy atom. The molecule has 1 atom stereocenters. The summed E-state index contributed by atoms with van der Waals surface area (Å²) in [5.74, 6) is -0.550. The summed E-state index contributed by atoms with van der Waals surface area (Å²) >= 11 is 5.07. The molecular weight excluding hydrogens is 394 g/mol. The number of hydrogen-bond donors (Lipinski definition) is 4. The molecule has 29 heavy (non-hydrogen) atoms. The first-order valence-corrected chi connectivity index (χ1v) is 9.23. The van der Waals surface area contributed by atoms with Crippen LogP contribution < -0.4 is 21.5 Å². The Morgan fingerprint density at radius 3 is 2.59 bits per heavy atom. The molecular formula is C19H23N5O4S. The third-order valence-electron chi connectivity index (χ3n) is 3.87. The van der Waals surface area contributed by atoms with E-state index in [9.17, 15) is 14.9 Å². The van der Waals surface area contributed by atoms with Crippen LogP contribution in [-0.4, -0.2) is 35.7 Å². The van der Waals surface area contributed by atoms with E-state index in [1.807, 2.05) is 37.3 Å². The fourth-order valence-electron chi connectivity index (χ4n) is 2.50. The molecule has 0 saturated heterocycles. The number of nitrogens with one attached hydrogen (secondary N) is 4. The summed E-state index contributed by atoms with van der Waals surface area (Å²) in [6.07, 6.45) is 0. The van der Waals surface area contributed by atoms with Gasteiger partial charge in [0, 0.05) is 31.3 Å². The third kappa shape index (κ3) is 7.01. The van der Waals surface area contributed by atoms with E-state index in [4.69, 9.17) is 17.0 Å². The topological polar surface area (TPSA) is 118 Å². The van der Waals surface area contributed by atoms with Gasteiger partial charge in [0.2, 0.25) is 0 Å². The summed E-state index contributed by atoms with van der Waals surface area (Å²) < 4.78 is 4.99. The van der Waals surface area contributed by atoms with E-state index in [0.29, 0.717) is 18.8 Å². The van der Waals surface area contributed by atoms with Gasteiger partial charge in [-0.25, -0.2) is 0 Å². The van der Waals surface area contributed by atoms with Crippen molar-refractivity contribution in [2.45, 2.75) is 19.5 Å². The Bertz CT molecular complexity index is 863. The van der Waals surface area contributed by atoms with Gasteiger partial charge in [-0.15, -0.1) is 0 Å². The van der Waals surface area contributed by atoms with Gasteiger partial charge in [0.25, 0.3) is 11.6 Å². The normalized spacial score (nSPS) is 11.2. The Hall–Kier alpha value is -3.24. The molecule has 0 bridgehead atoms. The van der Waals surface area contributed by atoms with Crippen molar-refractivity contribution in [1.82, 2.24) is 16.2 Å². The van der Waals surface area contributed by atoms with Crippen molar-refractivity contribution in [1.29, 1.82) is 0 Å². The molecule has 0 unspecified atom stereocenters. The summed E-state index contributed by atoms with van der Waals surface area (Å²) in [6, 6.07) is 13.7. The van der Waals surface area contributed by atoms with Crippen LogP contribution in [0.1, 0.15) is 22.8 Å². The number of carbonyl (C=O) groups excluding carboxylic acids is 1. The number of hydrazine groups is 1. The average molecular weight is 417 g/mol. The molecule has 0 saturated carbocycles. The van der Waals surface area contributed by atoms with Crippen LogP contribution in [0.25, 0.3) is 0 Å². The zero-order chi connectivity index (χ0) is 21.2. The van der Waals surface area contributed by atoms with Crippen molar-refractivity contribution in [3.63, 3.8) is 0 Å². The summed E-state index contributed by atoms with van der Waals surface area (Å²) in [6.45, 7) is 2.73. The second-order valence-electron chi connectivity index (χ2n) is 6.24. The third-order valence-corrected chi connectivity index (χ3v) is 4.09. The molecule has 4 N–H and O–H groups in total. The molecule has 2 aromatic carbocycles. The number of nitrogens with zero attached hydrogens (tertiary/aromatic N) is 1. The summed E-state index contributed by atoms with van der Waals surface area (Å²) in [5, 5.41) is 17.6. The maximum atomic E-state index is 12.3. The van der Waals surface area contributed by atoms with Crippen molar-refractivity contribution >= 4 is 34.6 Å². The van der Waals surface area contributed by atoms with Crippen molar-refractivity contribution in [2.75, 3.05) is 19.0 Å². The van der Waals surface area contributed by atoms with E-state index in [1.165, 1.54) is 18.2 Å². The molecule has 0 fully saturated rings. The first-order valence-electron chi connectivity index (χ1n) is 8.82. The van der Waals surface area contributed by atoms with E-state index >= 15 is 0 Å². The highest BCUT2D eigenvalue weighted by Crippen LogP contribution is 2.26. The highest BCUT2D eigenvalue weighted by Gasteiger charge is 2.18. The van der Waals surface area contributed by atoms with E-state index in [1.54, 1.807) is 7.11 Å². The summed E-state index contributed by atoms with van der Waals surface area (Å²) in [5.41, 5.74) is 6.22. The molecule has 0 aliphatic carbocycles. The SMILES string of the molecule is COC[C@@H](C)NC(=S)NNC(=O)c1ccc(NCc2ccccc2)c([N+](=O)[O-])c1. The van der Waals surface area contributed by atoms with Gasteiger partial charge in [0.05, 0.1) is 11.5 Å². The van der Waals surface area contributed by atoms with Gasteiger partial charge in [-0.1, -0.05) is 30.3 Å². The number of hydrogen-bond acceptors (Lipinski definition) is 6. The first-order chi connectivity index (χ1) is 13.9. The fourth-order valence-corrected chi connectivity index (χ4v) is 2.76. The maximum Gasteiger partial charge on any atom is 0.293 e. The monoisotopic (exact) mass is 417 g/mol. The molecule has 9 nitrogen and oxygen atoms in total.